The smallest absolute Gasteiger partial charge is 0.288 e. The second-order valence-corrected chi connectivity index (χ2v) is 5.93. The second kappa shape index (κ2) is 5.27. The molecule has 10 heteroatoms. The summed E-state index contributed by atoms with van der Waals surface area (Å²) in [6.45, 7) is 1.46. The van der Waals surface area contributed by atoms with E-state index in [0.29, 0.717) is 0 Å². The molecule has 1 aromatic carbocycles. The van der Waals surface area contributed by atoms with Crippen molar-refractivity contribution in [3.63, 3.8) is 0 Å². The van der Waals surface area contributed by atoms with Gasteiger partial charge in [0.1, 0.15) is 5.82 Å². The Morgan fingerprint density at radius 3 is 2.54 bits per heavy atom. The lowest BCUT2D eigenvalue weighted by Crippen LogP contribution is -2.24. The molecule has 0 unspecified atom stereocenters. The lowest BCUT2D eigenvalue weighted by atomic mass is 10.1. The van der Waals surface area contributed by atoms with Crippen molar-refractivity contribution in [2.24, 2.45) is 0 Å². The Kier molecular flexibility index (Phi) is 3.48. The average molecular weight is 393 g/mol. The Morgan fingerprint density at radius 2 is 1.92 bits per heavy atom. The van der Waals surface area contributed by atoms with E-state index in [2.05, 4.69) is 21.2 Å². The summed E-state index contributed by atoms with van der Waals surface area (Å²) in [5, 5.41) is 13.3. The molecule has 0 saturated carbocycles. The number of hydrogen-bond donors (Lipinski definition) is 2. The summed E-state index contributed by atoms with van der Waals surface area (Å²) in [6, 6.07) is 3.86. The van der Waals surface area contributed by atoms with Gasteiger partial charge in [-0.15, -0.1) is 0 Å². The Bertz CT molecular complexity index is 1010. The number of amides is 2. The van der Waals surface area contributed by atoms with Gasteiger partial charge in [-0.2, -0.15) is 0 Å². The molecule has 3 N–H and O–H groups in total. The predicted octanol–water partition coefficient (Wildman–Crippen LogP) is 1.28. The molecule has 1 aliphatic heterocycles. The molecule has 122 valence electrons. The number of halogens is 1. The number of carbonyl (C=O) groups excluding carboxylic acids is 2. The van der Waals surface area contributed by atoms with Crippen LogP contribution in [0.15, 0.2) is 27.5 Å². The Labute approximate surface area is 142 Å². The highest BCUT2D eigenvalue weighted by Crippen LogP contribution is 2.33. The van der Waals surface area contributed by atoms with E-state index in [4.69, 9.17) is 5.73 Å². The lowest BCUT2D eigenvalue weighted by molar-refractivity contribution is -0.386. The van der Waals surface area contributed by atoms with Crippen molar-refractivity contribution in [3.8, 4) is 5.69 Å². The van der Waals surface area contributed by atoms with Gasteiger partial charge in [0.2, 0.25) is 0 Å². The van der Waals surface area contributed by atoms with Crippen LogP contribution in [0.25, 0.3) is 5.69 Å². The molecule has 3 rings (SSSR count). The van der Waals surface area contributed by atoms with Crippen molar-refractivity contribution in [1.29, 1.82) is 0 Å². The van der Waals surface area contributed by atoms with Crippen LogP contribution >= 0.6 is 15.9 Å². The highest BCUT2D eigenvalue weighted by molar-refractivity contribution is 9.10. The van der Waals surface area contributed by atoms with Crippen molar-refractivity contribution >= 4 is 39.2 Å². The number of rotatable bonds is 2. The minimum atomic E-state index is -0.717. The SMILES string of the molecule is Cc1c(-n2c(N)c3c(cc2=O)C(=O)NC3=O)ccc(Br)c1[N+](=O)[O-]. The van der Waals surface area contributed by atoms with Crippen LogP contribution in [0.1, 0.15) is 26.3 Å². The van der Waals surface area contributed by atoms with Crippen LogP contribution in [-0.2, 0) is 0 Å². The molecule has 0 spiro atoms. The van der Waals surface area contributed by atoms with Gasteiger partial charge in [0.05, 0.1) is 31.8 Å². The molecule has 1 aliphatic rings. The van der Waals surface area contributed by atoms with Gasteiger partial charge < -0.3 is 5.73 Å². The molecule has 0 fully saturated rings. The summed E-state index contributed by atoms with van der Waals surface area (Å²) >= 11 is 3.09. The Hall–Kier alpha value is -3.01. The highest BCUT2D eigenvalue weighted by Gasteiger charge is 2.32. The van der Waals surface area contributed by atoms with Gasteiger partial charge in [-0.1, -0.05) is 0 Å². The molecule has 0 aliphatic carbocycles. The first-order valence-corrected chi connectivity index (χ1v) is 7.38. The van der Waals surface area contributed by atoms with E-state index in [1.807, 2.05) is 0 Å². The third-order valence-corrected chi connectivity index (χ3v) is 4.37. The monoisotopic (exact) mass is 392 g/mol. The number of fused-ring (bicyclic) bond motifs is 1. The number of nitrogen functional groups attached to an aromatic ring is 1. The van der Waals surface area contributed by atoms with Crippen molar-refractivity contribution in [3.05, 3.63) is 59.8 Å². The maximum atomic E-state index is 12.4. The predicted molar refractivity (Wildman–Crippen MR) is 87.3 cm³/mol. The molecule has 0 atom stereocenters. The quantitative estimate of drug-likeness (QED) is 0.448. The van der Waals surface area contributed by atoms with E-state index in [9.17, 15) is 24.5 Å². The van der Waals surface area contributed by atoms with E-state index < -0.39 is 22.3 Å². The number of nitro groups is 1. The summed E-state index contributed by atoms with van der Waals surface area (Å²) in [5.41, 5.74) is 5.14. The number of benzene rings is 1. The first-order chi connectivity index (χ1) is 11.2. The average Bonchev–Trinajstić information content (AvgIpc) is 2.75. The van der Waals surface area contributed by atoms with Crippen LogP contribution < -0.4 is 16.6 Å². The standard InChI is InChI=1S/C14H9BrN4O5/c1-5-8(3-2-7(15)11(5)19(23)24)18-9(20)4-6-10(12(18)16)14(22)17-13(6)21/h2-4H,16H2,1H3,(H,17,21,22). The maximum Gasteiger partial charge on any atom is 0.288 e. The molecular weight excluding hydrogens is 384 g/mol. The summed E-state index contributed by atoms with van der Waals surface area (Å²) < 4.78 is 1.22. The number of carbonyl (C=O) groups is 2. The van der Waals surface area contributed by atoms with Crippen LogP contribution in [0.5, 0.6) is 0 Å². The third-order valence-electron chi connectivity index (χ3n) is 3.73. The number of nitrogens with zero attached hydrogens (tertiary/aromatic N) is 2. The fraction of sp³-hybridized carbons (Fsp3) is 0.0714. The van der Waals surface area contributed by atoms with Gasteiger partial charge in [0.25, 0.3) is 23.1 Å². The normalized spacial score (nSPS) is 12.9. The van der Waals surface area contributed by atoms with E-state index in [1.165, 1.54) is 19.1 Å². The molecule has 2 amide bonds. The van der Waals surface area contributed by atoms with Gasteiger partial charge in [0.15, 0.2) is 0 Å². The number of imide groups is 1. The molecule has 0 bridgehead atoms. The summed E-state index contributed by atoms with van der Waals surface area (Å²) in [5.74, 6) is -1.67. The zero-order chi connectivity index (χ0) is 17.8. The van der Waals surface area contributed by atoms with Crippen LogP contribution in [0.2, 0.25) is 0 Å². The largest absolute Gasteiger partial charge is 0.384 e. The van der Waals surface area contributed by atoms with E-state index in [-0.39, 0.29) is 38.4 Å². The lowest BCUT2D eigenvalue weighted by Gasteiger charge is -2.14. The molecule has 9 nitrogen and oxygen atoms in total. The zero-order valence-electron chi connectivity index (χ0n) is 12.1. The first kappa shape index (κ1) is 15.9. The van der Waals surface area contributed by atoms with E-state index >= 15 is 0 Å². The Balaban J connectivity index is 2.38. The fourth-order valence-corrected chi connectivity index (χ4v) is 3.23. The topological polar surface area (TPSA) is 137 Å². The number of nitrogens with two attached hydrogens (primary N) is 1. The minimum absolute atomic E-state index is 0.108. The van der Waals surface area contributed by atoms with Gasteiger partial charge in [-0.05, 0) is 35.0 Å². The van der Waals surface area contributed by atoms with Crippen molar-refractivity contribution in [1.82, 2.24) is 9.88 Å². The summed E-state index contributed by atoms with van der Waals surface area (Å²) in [4.78, 5) is 46.5. The Morgan fingerprint density at radius 1 is 1.25 bits per heavy atom. The van der Waals surface area contributed by atoms with E-state index in [1.54, 1.807) is 0 Å². The number of aromatic nitrogens is 1. The van der Waals surface area contributed by atoms with Gasteiger partial charge in [-0.25, -0.2) is 0 Å². The highest BCUT2D eigenvalue weighted by atomic mass is 79.9. The van der Waals surface area contributed by atoms with E-state index in [0.717, 1.165) is 10.6 Å². The third kappa shape index (κ3) is 2.11. The minimum Gasteiger partial charge on any atom is -0.384 e. The first-order valence-electron chi connectivity index (χ1n) is 6.59. The van der Waals surface area contributed by atoms with Crippen LogP contribution in [0.4, 0.5) is 11.5 Å². The summed E-state index contributed by atoms with van der Waals surface area (Å²) in [7, 11) is 0. The van der Waals surface area contributed by atoms with Gasteiger partial charge in [0, 0.05) is 6.07 Å². The maximum absolute atomic E-state index is 12.4. The van der Waals surface area contributed by atoms with Crippen molar-refractivity contribution in [2.75, 3.05) is 5.73 Å². The summed E-state index contributed by atoms with van der Waals surface area (Å²) in [6.07, 6.45) is 0. The number of pyridine rings is 1. The van der Waals surface area contributed by atoms with Gasteiger partial charge >= 0.3 is 0 Å². The molecular formula is C14H9BrN4O5. The number of nitro benzene ring substituents is 1. The van der Waals surface area contributed by atoms with Crippen LogP contribution in [-0.4, -0.2) is 21.3 Å². The number of anilines is 1. The van der Waals surface area contributed by atoms with Crippen LogP contribution in [0, 0.1) is 17.0 Å². The second-order valence-electron chi connectivity index (χ2n) is 5.07. The molecule has 24 heavy (non-hydrogen) atoms. The molecule has 0 radical (unpaired) electrons. The van der Waals surface area contributed by atoms with Crippen molar-refractivity contribution < 1.29 is 14.5 Å². The number of nitrogens with one attached hydrogen (secondary N) is 1. The number of hydrogen-bond acceptors (Lipinski definition) is 6. The molecule has 2 aromatic rings. The van der Waals surface area contributed by atoms with Gasteiger partial charge in [-0.3, -0.25) is 34.4 Å². The molecule has 0 saturated heterocycles. The van der Waals surface area contributed by atoms with Crippen LogP contribution in [0.3, 0.4) is 0 Å². The van der Waals surface area contributed by atoms with Crippen molar-refractivity contribution in [2.45, 2.75) is 6.92 Å². The molecule has 1 aromatic heterocycles. The molecule has 2 heterocycles. The zero-order valence-corrected chi connectivity index (χ0v) is 13.7. The fourth-order valence-electron chi connectivity index (χ4n) is 2.65.